The highest BCUT2D eigenvalue weighted by molar-refractivity contribution is 7.87. The molecule has 3 aromatic carbocycles. The minimum atomic E-state index is -4.31. The van der Waals surface area contributed by atoms with Crippen LogP contribution in [0.2, 0.25) is 25.1 Å². The van der Waals surface area contributed by atoms with Gasteiger partial charge >= 0.3 is 10.1 Å². The molecule has 0 aromatic heterocycles. The van der Waals surface area contributed by atoms with Gasteiger partial charge in [-0.3, -0.25) is 0 Å². The number of halogens is 5. The molecule has 0 fully saturated rings. The number of azo groups is 1. The van der Waals surface area contributed by atoms with Crippen molar-refractivity contribution < 1.29 is 12.6 Å². The molecule has 168 valence electrons. The summed E-state index contributed by atoms with van der Waals surface area (Å²) in [6.07, 6.45) is 0. The maximum atomic E-state index is 12.7. The highest BCUT2D eigenvalue weighted by Gasteiger charge is 2.26. The van der Waals surface area contributed by atoms with E-state index >= 15 is 0 Å². The van der Waals surface area contributed by atoms with Crippen LogP contribution < -0.4 is 9.08 Å². The van der Waals surface area contributed by atoms with E-state index in [-0.39, 0.29) is 30.0 Å². The van der Waals surface area contributed by atoms with Crippen LogP contribution in [0.5, 0.6) is 5.75 Å². The van der Waals surface area contributed by atoms with E-state index in [1.807, 2.05) is 43.3 Å². The zero-order valence-electron chi connectivity index (χ0n) is 16.5. The third-order valence-corrected chi connectivity index (χ3v) is 7.61. The Hall–Kier alpha value is -1.74. The Morgan fingerprint density at radius 3 is 1.53 bits per heavy atom. The molecule has 6 nitrogen and oxygen atoms in total. The fourth-order valence-corrected chi connectivity index (χ4v) is 4.67. The average molecular weight is 554 g/mol. The number of rotatable bonds is 6. The Kier molecular flexibility index (Phi) is 7.81. The van der Waals surface area contributed by atoms with E-state index in [0.717, 1.165) is 5.69 Å². The Morgan fingerprint density at radius 1 is 0.688 bits per heavy atom. The van der Waals surface area contributed by atoms with Gasteiger partial charge in [0.25, 0.3) is 0 Å². The van der Waals surface area contributed by atoms with Crippen molar-refractivity contribution in [1.82, 2.24) is 0 Å². The second kappa shape index (κ2) is 10.0. The molecule has 0 heterocycles. The second-order valence-corrected chi connectivity index (χ2v) is 9.98. The van der Waals surface area contributed by atoms with Gasteiger partial charge in [-0.25, -0.2) is 0 Å². The Balaban J connectivity index is 1.81. The third kappa shape index (κ3) is 5.42. The minimum absolute atomic E-state index is 0.112. The molecule has 0 saturated heterocycles. The lowest BCUT2D eigenvalue weighted by molar-refractivity contribution is 0.486. The molecule has 0 atom stereocenters. The summed E-state index contributed by atoms with van der Waals surface area (Å²) in [5.74, 6) is -0.419. The molecule has 0 N–H and O–H groups in total. The molecule has 0 aliphatic heterocycles. The first-order valence-electron chi connectivity index (χ1n) is 8.76. The van der Waals surface area contributed by atoms with Gasteiger partial charge in [0.15, 0.2) is 5.75 Å². The van der Waals surface area contributed by atoms with Gasteiger partial charge < -0.3 is 9.08 Å². The zero-order valence-corrected chi connectivity index (χ0v) is 21.1. The number of anilines is 1. The van der Waals surface area contributed by atoms with E-state index in [4.69, 9.17) is 62.2 Å². The minimum Gasteiger partial charge on any atom is -0.378 e. The summed E-state index contributed by atoms with van der Waals surface area (Å²) < 4.78 is 30.4. The predicted octanol–water partition coefficient (Wildman–Crippen LogP) is 8.20. The summed E-state index contributed by atoms with van der Waals surface area (Å²) in [5.41, 5.74) is 2.12. The number of nitrogens with zero attached hydrogens (tertiary/aromatic N) is 3. The SMILES string of the molecule is CN(C)c1ccc(N=Nc2ccc(S(=O)(=O)Oc3c(Cl)c(Cl)c(Cl)c(Cl)c3Cl)cc2)cc1. The van der Waals surface area contributed by atoms with E-state index in [1.54, 1.807) is 0 Å². The Morgan fingerprint density at radius 2 is 1.09 bits per heavy atom. The normalized spacial score (nSPS) is 11.7. The van der Waals surface area contributed by atoms with Gasteiger partial charge in [-0.15, -0.1) is 0 Å². The summed E-state index contributed by atoms with van der Waals surface area (Å²) in [7, 11) is -0.431. The van der Waals surface area contributed by atoms with Crippen LogP contribution in [0, 0.1) is 0 Å². The molecule has 0 unspecified atom stereocenters. The van der Waals surface area contributed by atoms with Crippen molar-refractivity contribution in [2.45, 2.75) is 4.90 Å². The highest BCUT2D eigenvalue weighted by atomic mass is 35.5. The van der Waals surface area contributed by atoms with Crippen LogP contribution in [0.3, 0.4) is 0 Å². The molecule has 0 amide bonds. The molecule has 32 heavy (non-hydrogen) atoms. The summed E-state index contributed by atoms with van der Waals surface area (Å²) >= 11 is 29.9. The van der Waals surface area contributed by atoms with E-state index < -0.39 is 15.9 Å². The van der Waals surface area contributed by atoms with Gasteiger partial charge in [0.2, 0.25) is 0 Å². The van der Waals surface area contributed by atoms with Crippen LogP contribution >= 0.6 is 58.0 Å². The Bertz CT molecular complexity index is 1250. The number of hydrogen-bond acceptors (Lipinski definition) is 6. The lowest BCUT2D eigenvalue weighted by Crippen LogP contribution is -2.10. The van der Waals surface area contributed by atoms with E-state index in [1.165, 1.54) is 24.3 Å². The van der Waals surface area contributed by atoms with Crippen LogP contribution in [-0.2, 0) is 10.1 Å². The van der Waals surface area contributed by atoms with Crippen molar-refractivity contribution in [3.63, 3.8) is 0 Å². The topological polar surface area (TPSA) is 71.3 Å². The van der Waals surface area contributed by atoms with Gasteiger partial charge in [0.1, 0.15) is 14.9 Å². The summed E-state index contributed by atoms with van der Waals surface area (Å²) in [4.78, 5) is 1.80. The average Bonchev–Trinajstić information content (AvgIpc) is 2.78. The third-order valence-electron chi connectivity index (χ3n) is 4.14. The van der Waals surface area contributed by atoms with Crippen LogP contribution in [0.1, 0.15) is 0 Å². The fraction of sp³-hybridized carbons (Fsp3) is 0.100. The van der Waals surface area contributed by atoms with Crippen LogP contribution in [0.4, 0.5) is 17.1 Å². The lowest BCUT2D eigenvalue weighted by Gasteiger charge is -2.13. The van der Waals surface area contributed by atoms with E-state index in [9.17, 15) is 8.42 Å². The quantitative estimate of drug-likeness (QED) is 0.133. The second-order valence-electron chi connectivity index (χ2n) is 6.54. The lowest BCUT2D eigenvalue weighted by atomic mass is 10.3. The van der Waals surface area contributed by atoms with Crippen molar-refractivity contribution in [2.75, 3.05) is 19.0 Å². The fourth-order valence-electron chi connectivity index (χ4n) is 2.43. The molecule has 12 heteroatoms. The van der Waals surface area contributed by atoms with E-state index in [2.05, 4.69) is 10.2 Å². The van der Waals surface area contributed by atoms with Gasteiger partial charge in [-0.2, -0.15) is 18.6 Å². The number of hydrogen-bond donors (Lipinski definition) is 0. The van der Waals surface area contributed by atoms with E-state index in [0.29, 0.717) is 11.4 Å². The van der Waals surface area contributed by atoms with Crippen molar-refractivity contribution in [3.8, 4) is 5.75 Å². The van der Waals surface area contributed by atoms with Crippen LogP contribution in [0.15, 0.2) is 63.7 Å². The first kappa shape index (κ1) is 24.9. The maximum Gasteiger partial charge on any atom is 0.339 e. The van der Waals surface area contributed by atoms with Crippen molar-refractivity contribution >= 4 is 85.2 Å². The maximum absolute atomic E-state index is 12.7. The first-order valence-corrected chi connectivity index (χ1v) is 12.1. The molecule has 3 aromatic rings. The molecule has 0 bridgehead atoms. The van der Waals surface area contributed by atoms with Gasteiger partial charge in [-0.05, 0) is 48.5 Å². The summed E-state index contributed by atoms with van der Waals surface area (Å²) in [6.45, 7) is 0. The molecule has 0 aliphatic rings. The molecular formula is C20H14Cl5N3O3S. The van der Waals surface area contributed by atoms with Gasteiger partial charge in [-0.1, -0.05) is 58.0 Å². The van der Waals surface area contributed by atoms with Gasteiger partial charge in [0.05, 0.1) is 26.4 Å². The van der Waals surface area contributed by atoms with Crippen LogP contribution in [-0.4, -0.2) is 22.5 Å². The molecule has 0 saturated carbocycles. The molecule has 0 spiro atoms. The van der Waals surface area contributed by atoms with Gasteiger partial charge in [0, 0.05) is 19.8 Å². The predicted molar refractivity (Wildman–Crippen MR) is 131 cm³/mol. The standard InChI is InChI=1S/C20H14Cl5N3O3S/c1-28(2)13-7-3-11(4-8-13)26-27-12-5-9-14(10-6-12)32(29,30)31-20-18(24)16(22)15(21)17(23)19(20)25/h3-10H,1-2H3. The highest BCUT2D eigenvalue weighted by Crippen LogP contribution is 2.48. The molecule has 0 radical (unpaired) electrons. The van der Waals surface area contributed by atoms with Crippen molar-refractivity contribution in [3.05, 3.63) is 73.6 Å². The Labute approximate surface area is 210 Å². The summed E-state index contributed by atoms with van der Waals surface area (Å²) in [6, 6.07) is 13.0. The molecule has 0 aliphatic carbocycles. The van der Waals surface area contributed by atoms with Crippen LogP contribution in [0.25, 0.3) is 0 Å². The largest absolute Gasteiger partial charge is 0.378 e. The zero-order chi connectivity index (χ0) is 23.6. The smallest absolute Gasteiger partial charge is 0.339 e. The monoisotopic (exact) mass is 551 g/mol. The molecule has 3 rings (SSSR count). The molecular weight excluding hydrogens is 540 g/mol. The van der Waals surface area contributed by atoms with Crippen molar-refractivity contribution in [1.29, 1.82) is 0 Å². The summed E-state index contributed by atoms with van der Waals surface area (Å²) in [5, 5.41) is 7.22. The first-order chi connectivity index (χ1) is 15.0. The number of benzene rings is 3. The van der Waals surface area contributed by atoms with Crippen molar-refractivity contribution in [2.24, 2.45) is 10.2 Å².